The summed E-state index contributed by atoms with van der Waals surface area (Å²) >= 11 is 0. The van der Waals surface area contributed by atoms with Crippen molar-refractivity contribution in [1.29, 1.82) is 0 Å². The number of piperazine rings is 1. The number of carbonyl (C=O) groups excluding carboxylic acids is 1. The van der Waals surface area contributed by atoms with Crippen LogP contribution in [0.1, 0.15) is 22.3 Å². The second-order valence-electron chi connectivity index (χ2n) is 9.29. The predicted molar refractivity (Wildman–Crippen MR) is 135 cm³/mol. The van der Waals surface area contributed by atoms with Crippen LogP contribution in [0.5, 0.6) is 5.75 Å². The fourth-order valence-corrected chi connectivity index (χ4v) is 6.63. The number of aryl methyl sites for hydroxylation is 1. The lowest BCUT2D eigenvalue weighted by Crippen LogP contribution is -2.52. The second-order valence-corrected chi connectivity index (χ2v) is 11.5. The van der Waals surface area contributed by atoms with Gasteiger partial charge >= 0.3 is 0 Å². The van der Waals surface area contributed by atoms with Crippen LogP contribution in [-0.4, -0.2) is 84.7 Å². The topological polar surface area (TPSA) is 84.7 Å². The molecule has 3 heterocycles. The highest BCUT2D eigenvalue weighted by Crippen LogP contribution is 2.29. The van der Waals surface area contributed by atoms with Crippen LogP contribution in [0.4, 0.5) is 0 Å². The molecule has 1 amide bonds. The van der Waals surface area contributed by atoms with Crippen molar-refractivity contribution < 1.29 is 17.9 Å². The van der Waals surface area contributed by atoms with Gasteiger partial charge in [-0.15, -0.1) is 0 Å². The van der Waals surface area contributed by atoms with Crippen molar-refractivity contribution in [2.45, 2.75) is 19.4 Å². The largest absolute Gasteiger partial charge is 0.497 e. The van der Waals surface area contributed by atoms with E-state index < -0.39 is 9.84 Å². The standard InChI is InChI=1S/C26H30N4O4S/c1-19-6-8-21(9-7-19)30-17-24(25(27-30)20-4-3-5-23(16-20)34-2)26(31)29-13-11-28(12-14-29)22-10-15-35(32,33)18-22/h3-9,16-17,22H,10-15,18H2,1-2H3/t22-/m1/s1. The molecular weight excluding hydrogens is 464 g/mol. The van der Waals surface area contributed by atoms with Gasteiger partial charge in [0.1, 0.15) is 11.4 Å². The molecule has 9 heteroatoms. The van der Waals surface area contributed by atoms with Crippen LogP contribution in [0.3, 0.4) is 0 Å². The molecular formula is C26H30N4O4S. The van der Waals surface area contributed by atoms with Crippen LogP contribution in [-0.2, 0) is 9.84 Å². The van der Waals surface area contributed by atoms with E-state index in [0.29, 0.717) is 49.6 Å². The predicted octanol–water partition coefficient (Wildman–Crippen LogP) is 2.80. The van der Waals surface area contributed by atoms with Crippen LogP contribution >= 0.6 is 0 Å². The SMILES string of the molecule is COc1cccc(-c2nn(-c3ccc(C)cc3)cc2C(=O)N2CCN([C@@H]3CCS(=O)(=O)C3)CC2)c1. The average Bonchev–Trinajstić information content (AvgIpc) is 3.48. The van der Waals surface area contributed by atoms with E-state index in [9.17, 15) is 13.2 Å². The summed E-state index contributed by atoms with van der Waals surface area (Å²) in [5.41, 5.74) is 3.99. The summed E-state index contributed by atoms with van der Waals surface area (Å²) < 4.78 is 30.9. The number of hydrogen-bond donors (Lipinski definition) is 0. The zero-order valence-electron chi connectivity index (χ0n) is 20.1. The molecule has 0 unspecified atom stereocenters. The van der Waals surface area contributed by atoms with Crippen molar-refractivity contribution in [3.63, 3.8) is 0 Å². The van der Waals surface area contributed by atoms with Crippen molar-refractivity contribution in [2.24, 2.45) is 0 Å². The van der Waals surface area contributed by atoms with Gasteiger partial charge < -0.3 is 9.64 Å². The maximum absolute atomic E-state index is 13.7. The van der Waals surface area contributed by atoms with E-state index in [-0.39, 0.29) is 23.5 Å². The molecule has 0 N–H and O–H groups in total. The molecule has 3 aromatic rings. The number of aromatic nitrogens is 2. The van der Waals surface area contributed by atoms with Crippen molar-refractivity contribution in [3.8, 4) is 22.7 Å². The Bertz CT molecular complexity index is 1330. The highest BCUT2D eigenvalue weighted by Gasteiger charge is 2.35. The van der Waals surface area contributed by atoms with Gasteiger partial charge in [0, 0.05) is 44.0 Å². The lowest BCUT2D eigenvalue weighted by atomic mass is 10.1. The first kappa shape index (κ1) is 23.6. The summed E-state index contributed by atoms with van der Waals surface area (Å²) in [5, 5.41) is 4.80. The van der Waals surface area contributed by atoms with Crippen molar-refractivity contribution in [3.05, 3.63) is 65.9 Å². The summed E-state index contributed by atoms with van der Waals surface area (Å²) in [6.07, 6.45) is 2.48. The molecule has 0 saturated carbocycles. The van der Waals surface area contributed by atoms with E-state index in [1.165, 1.54) is 0 Å². The van der Waals surface area contributed by atoms with Gasteiger partial charge in [-0.25, -0.2) is 13.1 Å². The molecule has 2 saturated heterocycles. The molecule has 184 valence electrons. The molecule has 0 spiro atoms. The maximum Gasteiger partial charge on any atom is 0.257 e. The first-order valence-corrected chi connectivity index (χ1v) is 13.7. The highest BCUT2D eigenvalue weighted by molar-refractivity contribution is 7.91. The number of sulfone groups is 1. The normalized spacial score (nSPS) is 20.2. The van der Waals surface area contributed by atoms with Crippen LogP contribution < -0.4 is 4.74 Å². The third kappa shape index (κ3) is 4.97. The van der Waals surface area contributed by atoms with Crippen molar-refractivity contribution >= 4 is 15.7 Å². The van der Waals surface area contributed by atoms with Crippen LogP contribution in [0.15, 0.2) is 54.7 Å². The van der Waals surface area contributed by atoms with E-state index in [2.05, 4.69) is 4.90 Å². The van der Waals surface area contributed by atoms with E-state index in [1.54, 1.807) is 18.0 Å². The summed E-state index contributed by atoms with van der Waals surface area (Å²) in [5.74, 6) is 1.12. The van der Waals surface area contributed by atoms with Gasteiger partial charge in [-0.1, -0.05) is 29.8 Å². The lowest BCUT2D eigenvalue weighted by Gasteiger charge is -2.37. The summed E-state index contributed by atoms with van der Waals surface area (Å²) in [4.78, 5) is 17.8. The molecule has 5 rings (SSSR count). The van der Waals surface area contributed by atoms with Gasteiger partial charge in [0.25, 0.3) is 5.91 Å². The maximum atomic E-state index is 13.7. The Kier molecular flexibility index (Phi) is 6.37. The second kappa shape index (κ2) is 9.47. The summed E-state index contributed by atoms with van der Waals surface area (Å²) in [7, 11) is -1.31. The number of amides is 1. The molecule has 2 aliphatic rings. The number of nitrogens with zero attached hydrogens (tertiary/aromatic N) is 4. The zero-order chi connectivity index (χ0) is 24.6. The number of rotatable bonds is 5. The van der Waals surface area contributed by atoms with Crippen LogP contribution in [0.2, 0.25) is 0 Å². The first-order chi connectivity index (χ1) is 16.8. The quantitative estimate of drug-likeness (QED) is 0.542. The number of benzene rings is 2. The third-order valence-electron chi connectivity index (χ3n) is 6.91. The third-order valence-corrected chi connectivity index (χ3v) is 8.66. The molecule has 2 fully saturated rings. The molecule has 0 bridgehead atoms. The minimum absolute atomic E-state index is 0.0638. The minimum atomic E-state index is -2.93. The number of ether oxygens (including phenoxy) is 1. The highest BCUT2D eigenvalue weighted by atomic mass is 32.2. The fraction of sp³-hybridized carbons (Fsp3) is 0.385. The fourth-order valence-electron chi connectivity index (χ4n) is 4.87. The monoisotopic (exact) mass is 494 g/mol. The van der Waals surface area contributed by atoms with Gasteiger partial charge in [-0.05, 0) is 37.6 Å². The number of hydrogen-bond acceptors (Lipinski definition) is 6. The van der Waals surface area contributed by atoms with Crippen molar-refractivity contribution in [1.82, 2.24) is 19.6 Å². The van der Waals surface area contributed by atoms with E-state index in [4.69, 9.17) is 9.84 Å². The van der Waals surface area contributed by atoms with Gasteiger partial charge in [0.2, 0.25) is 0 Å². The number of carbonyl (C=O) groups is 1. The Morgan fingerprint density at radius 1 is 1.06 bits per heavy atom. The molecule has 1 aromatic heterocycles. The molecule has 1 atom stereocenters. The summed E-state index contributed by atoms with van der Waals surface area (Å²) in [6.45, 7) is 4.49. The minimum Gasteiger partial charge on any atom is -0.497 e. The van der Waals surface area contributed by atoms with E-state index in [0.717, 1.165) is 16.8 Å². The van der Waals surface area contributed by atoms with Crippen molar-refractivity contribution in [2.75, 3.05) is 44.8 Å². The Balaban J connectivity index is 1.41. The lowest BCUT2D eigenvalue weighted by molar-refractivity contribution is 0.0588. The molecule has 0 radical (unpaired) electrons. The van der Waals surface area contributed by atoms with Gasteiger partial charge in [-0.3, -0.25) is 9.69 Å². The Hall–Kier alpha value is -3.17. The van der Waals surface area contributed by atoms with Crippen LogP contribution in [0, 0.1) is 6.92 Å². The average molecular weight is 495 g/mol. The van der Waals surface area contributed by atoms with Gasteiger partial charge in [-0.2, -0.15) is 5.10 Å². The first-order valence-electron chi connectivity index (χ1n) is 11.9. The van der Waals surface area contributed by atoms with Crippen LogP contribution in [0.25, 0.3) is 16.9 Å². The van der Waals surface area contributed by atoms with Gasteiger partial charge in [0.15, 0.2) is 9.84 Å². The van der Waals surface area contributed by atoms with Gasteiger partial charge in [0.05, 0.1) is 29.9 Å². The molecule has 0 aliphatic carbocycles. The molecule has 35 heavy (non-hydrogen) atoms. The van der Waals surface area contributed by atoms with E-state index in [1.807, 2.05) is 60.4 Å². The Morgan fingerprint density at radius 3 is 2.46 bits per heavy atom. The van der Waals surface area contributed by atoms with E-state index >= 15 is 0 Å². The Labute approximate surface area is 206 Å². The molecule has 2 aromatic carbocycles. The smallest absolute Gasteiger partial charge is 0.257 e. The number of methoxy groups -OCH3 is 1. The Morgan fingerprint density at radius 2 is 1.80 bits per heavy atom. The summed E-state index contributed by atoms with van der Waals surface area (Å²) in [6, 6.07) is 15.6. The zero-order valence-corrected chi connectivity index (χ0v) is 20.9. The molecule has 8 nitrogen and oxygen atoms in total. The molecule has 2 aliphatic heterocycles.